The summed E-state index contributed by atoms with van der Waals surface area (Å²) in [6.45, 7) is 12.1. The summed E-state index contributed by atoms with van der Waals surface area (Å²) in [4.78, 5) is 50.1. The van der Waals surface area contributed by atoms with Crippen LogP contribution in [0.15, 0.2) is 46.8 Å². The summed E-state index contributed by atoms with van der Waals surface area (Å²) in [7, 11) is 1.22. The van der Waals surface area contributed by atoms with Crippen molar-refractivity contribution >= 4 is 23.5 Å². The summed E-state index contributed by atoms with van der Waals surface area (Å²) in [6.07, 6.45) is 0. The van der Waals surface area contributed by atoms with Crippen LogP contribution in [0, 0.1) is 16.0 Å². The van der Waals surface area contributed by atoms with Gasteiger partial charge in [-0.05, 0) is 46.1 Å². The molecule has 0 fully saturated rings. The number of hydrogen-bond acceptors (Lipinski definition) is 8. The second-order valence-corrected chi connectivity index (χ2v) is 9.71. The Morgan fingerprint density at radius 3 is 2.23 bits per heavy atom. The molecule has 1 aliphatic heterocycles. The lowest BCUT2D eigenvalue weighted by Gasteiger charge is -2.32. The predicted octanol–water partition coefficient (Wildman–Crippen LogP) is 3.49. The van der Waals surface area contributed by atoms with E-state index < -0.39 is 40.3 Å². The van der Waals surface area contributed by atoms with Crippen molar-refractivity contribution in [2.75, 3.05) is 7.11 Å². The second-order valence-electron chi connectivity index (χ2n) is 9.71. The summed E-state index contributed by atoms with van der Waals surface area (Å²) in [6, 6.07) is 4.78. The number of nitrogens with one attached hydrogen (secondary N) is 2. The molecule has 10 heteroatoms. The van der Waals surface area contributed by atoms with Crippen LogP contribution in [0.3, 0.4) is 0 Å². The van der Waals surface area contributed by atoms with Gasteiger partial charge in [0, 0.05) is 29.1 Å². The minimum absolute atomic E-state index is 0.141. The van der Waals surface area contributed by atoms with Crippen molar-refractivity contribution in [1.29, 1.82) is 0 Å². The third-order valence-electron chi connectivity index (χ3n) is 5.44. The van der Waals surface area contributed by atoms with Crippen LogP contribution in [-0.2, 0) is 23.9 Å². The fourth-order valence-electron chi connectivity index (χ4n) is 3.91. The number of hydrogen-bond donors (Lipinski definition) is 2. The first kappa shape index (κ1) is 27.6. The average Bonchev–Trinajstić information content (AvgIpc) is 2.74. The molecule has 190 valence electrons. The standard InChI is InChI=1S/C25H33N3O7/c1-13(2)21(24(31)35-25(5,6)7)27-22(29)18-14(3)26-15(4)19(23(30)34-8)20(18)16-10-9-11-17(12-16)28(32)33/h9-13,20-21,26H,1-8H3,(H,27,29)/t20-,21-/m0/s1. The zero-order valence-electron chi connectivity index (χ0n) is 21.3. The molecule has 0 spiro atoms. The number of nitro groups is 1. The number of non-ortho nitro benzene ring substituents is 1. The molecule has 0 unspecified atom stereocenters. The lowest BCUT2D eigenvalue weighted by molar-refractivity contribution is -0.384. The van der Waals surface area contributed by atoms with Gasteiger partial charge in [-0.3, -0.25) is 14.9 Å². The predicted molar refractivity (Wildman–Crippen MR) is 129 cm³/mol. The molecule has 2 rings (SSSR count). The Hall–Kier alpha value is -3.69. The van der Waals surface area contributed by atoms with Crippen LogP contribution in [0.4, 0.5) is 5.69 Å². The van der Waals surface area contributed by atoms with Gasteiger partial charge in [0.1, 0.15) is 11.6 Å². The van der Waals surface area contributed by atoms with E-state index in [1.54, 1.807) is 54.5 Å². The van der Waals surface area contributed by atoms with Gasteiger partial charge in [0.25, 0.3) is 11.6 Å². The third-order valence-corrected chi connectivity index (χ3v) is 5.44. The number of methoxy groups -OCH3 is 1. The average molecular weight is 488 g/mol. The van der Waals surface area contributed by atoms with Gasteiger partial charge in [-0.1, -0.05) is 26.0 Å². The molecular formula is C25H33N3O7. The molecule has 1 heterocycles. The van der Waals surface area contributed by atoms with Crippen molar-refractivity contribution in [2.45, 2.75) is 66.0 Å². The molecule has 0 aliphatic carbocycles. The minimum atomic E-state index is -0.963. The number of carbonyl (C=O) groups excluding carboxylic acids is 3. The van der Waals surface area contributed by atoms with Crippen LogP contribution in [0.2, 0.25) is 0 Å². The molecule has 1 aromatic carbocycles. The molecule has 10 nitrogen and oxygen atoms in total. The molecule has 2 atom stereocenters. The highest BCUT2D eigenvalue weighted by atomic mass is 16.6. The van der Waals surface area contributed by atoms with Gasteiger partial charge in [-0.15, -0.1) is 0 Å². The number of nitro benzene ring substituents is 1. The first-order valence-electron chi connectivity index (χ1n) is 11.2. The maximum Gasteiger partial charge on any atom is 0.336 e. The number of dihydropyridines is 1. The Bertz CT molecular complexity index is 1100. The van der Waals surface area contributed by atoms with Gasteiger partial charge in [0.15, 0.2) is 0 Å². The van der Waals surface area contributed by atoms with Crippen molar-refractivity contribution in [1.82, 2.24) is 10.6 Å². The number of rotatable bonds is 7. The summed E-state index contributed by atoms with van der Waals surface area (Å²) in [5.74, 6) is -3.13. The van der Waals surface area contributed by atoms with Crippen LogP contribution in [0.1, 0.15) is 59.9 Å². The summed E-state index contributed by atoms with van der Waals surface area (Å²) >= 11 is 0. The van der Waals surface area contributed by atoms with E-state index in [-0.39, 0.29) is 22.8 Å². The Morgan fingerprint density at radius 2 is 1.71 bits per heavy atom. The highest BCUT2D eigenvalue weighted by Gasteiger charge is 2.39. The van der Waals surface area contributed by atoms with Gasteiger partial charge in [0.05, 0.1) is 23.5 Å². The van der Waals surface area contributed by atoms with Crippen molar-refractivity contribution in [3.63, 3.8) is 0 Å². The molecule has 1 aliphatic rings. The molecule has 0 radical (unpaired) electrons. The molecule has 1 amide bonds. The van der Waals surface area contributed by atoms with E-state index in [1.165, 1.54) is 25.3 Å². The fourth-order valence-corrected chi connectivity index (χ4v) is 3.91. The quantitative estimate of drug-likeness (QED) is 0.339. The van der Waals surface area contributed by atoms with Crippen molar-refractivity contribution in [3.05, 3.63) is 62.5 Å². The highest BCUT2D eigenvalue weighted by Crippen LogP contribution is 2.39. The number of carbonyl (C=O) groups is 3. The smallest absolute Gasteiger partial charge is 0.336 e. The van der Waals surface area contributed by atoms with Crippen molar-refractivity contribution < 1.29 is 28.8 Å². The zero-order valence-corrected chi connectivity index (χ0v) is 21.3. The van der Waals surface area contributed by atoms with E-state index in [0.29, 0.717) is 17.0 Å². The van der Waals surface area contributed by atoms with Crippen LogP contribution < -0.4 is 10.6 Å². The Kier molecular flexibility index (Phi) is 8.43. The van der Waals surface area contributed by atoms with Crippen molar-refractivity contribution in [3.8, 4) is 0 Å². The molecule has 0 aromatic heterocycles. The molecule has 0 saturated heterocycles. The molecular weight excluding hydrogens is 454 g/mol. The minimum Gasteiger partial charge on any atom is -0.466 e. The normalized spacial score (nSPS) is 17.0. The summed E-state index contributed by atoms with van der Waals surface area (Å²) in [5.41, 5.74) is 0.607. The lowest BCUT2D eigenvalue weighted by Crippen LogP contribution is -2.49. The van der Waals surface area contributed by atoms with Gasteiger partial charge >= 0.3 is 11.9 Å². The first-order chi connectivity index (χ1) is 16.2. The van der Waals surface area contributed by atoms with Crippen molar-refractivity contribution in [2.24, 2.45) is 5.92 Å². The molecule has 1 aromatic rings. The first-order valence-corrected chi connectivity index (χ1v) is 11.2. The Morgan fingerprint density at radius 1 is 1.11 bits per heavy atom. The SMILES string of the molecule is COC(=O)C1=C(C)NC(C)=C(C(=O)N[C@H](C(=O)OC(C)(C)C)C(C)C)[C@@H]1c1cccc([N+](=O)[O-])c1. The van der Waals surface area contributed by atoms with E-state index in [1.807, 2.05) is 0 Å². The van der Waals surface area contributed by atoms with Gasteiger partial charge in [-0.25, -0.2) is 9.59 Å². The van der Waals surface area contributed by atoms with Crippen LogP contribution in [-0.4, -0.2) is 41.5 Å². The van der Waals surface area contributed by atoms with E-state index in [4.69, 9.17) is 9.47 Å². The molecule has 35 heavy (non-hydrogen) atoms. The number of allylic oxidation sites excluding steroid dienone is 2. The number of nitrogens with zero attached hydrogens (tertiary/aromatic N) is 1. The van der Waals surface area contributed by atoms with E-state index in [2.05, 4.69) is 10.6 Å². The van der Waals surface area contributed by atoms with Crippen LogP contribution >= 0.6 is 0 Å². The highest BCUT2D eigenvalue weighted by molar-refractivity contribution is 6.03. The molecule has 0 bridgehead atoms. The van der Waals surface area contributed by atoms with Gasteiger partial charge in [0.2, 0.25) is 0 Å². The second kappa shape index (κ2) is 10.7. The number of benzene rings is 1. The topological polar surface area (TPSA) is 137 Å². The number of ether oxygens (including phenoxy) is 2. The molecule has 0 saturated carbocycles. The van der Waals surface area contributed by atoms with Crippen LogP contribution in [0.25, 0.3) is 0 Å². The summed E-state index contributed by atoms with van der Waals surface area (Å²) < 4.78 is 10.4. The maximum absolute atomic E-state index is 13.6. The summed E-state index contributed by atoms with van der Waals surface area (Å²) in [5, 5.41) is 17.2. The Balaban J connectivity index is 2.60. The molecule has 2 N–H and O–H groups in total. The number of esters is 2. The largest absolute Gasteiger partial charge is 0.466 e. The zero-order chi connectivity index (χ0) is 26.7. The third kappa shape index (κ3) is 6.46. The maximum atomic E-state index is 13.6. The van der Waals surface area contributed by atoms with Gasteiger partial charge in [-0.2, -0.15) is 0 Å². The fraction of sp³-hybridized carbons (Fsp3) is 0.480. The Labute approximate surface area is 204 Å². The van der Waals surface area contributed by atoms with Gasteiger partial charge < -0.3 is 20.1 Å². The lowest BCUT2D eigenvalue weighted by atomic mass is 9.79. The number of amides is 1. The van der Waals surface area contributed by atoms with E-state index in [9.17, 15) is 24.5 Å². The van der Waals surface area contributed by atoms with E-state index in [0.717, 1.165) is 0 Å². The van der Waals surface area contributed by atoms with E-state index >= 15 is 0 Å². The monoisotopic (exact) mass is 487 g/mol. The van der Waals surface area contributed by atoms with Crippen LogP contribution in [0.5, 0.6) is 0 Å².